The lowest BCUT2D eigenvalue weighted by molar-refractivity contribution is 0.00578. The molecule has 0 unspecified atom stereocenters. The molecule has 0 aliphatic carbocycles. The minimum atomic E-state index is -0.516. The first-order valence-corrected chi connectivity index (χ1v) is 16.3. The Morgan fingerprint density at radius 1 is 0.521 bits per heavy atom. The SMILES string of the molecule is CC1(C)OB(c2cccc3c2oc2cc4oc5cc(-c6ccc(-c7nc(Cl)nc(-c8ccccc8)n7)cc6)ccc5c4cc23)OC1(C)C. The van der Waals surface area contributed by atoms with Crippen molar-refractivity contribution in [3.63, 3.8) is 0 Å². The molecule has 234 valence electrons. The van der Waals surface area contributed by atoms with Gasteiger partial charge in [0.2, 0.25) is 5.28 Å². The Morgan fingerprint density at radius 3 is 1.85 bits per heavy atom. The van der Waals surface area contributed by atoms with E-state index < -0.39 is 18.3 Å². The average Bonchev–Trinajstić information content (AvgIpc) is 3.70. The van der Waals surface area contributed by atoms with Gasteiger partial charge in [0, 0.05) is 44.2 Å². The highest BCUT2D eigenvalue weighted by atomic mass is 35.5. The van der Waals surface area contributed by atoms with E-state index in [1.54, 1.807) is 0 Å². The van der Waals surface area contributed by atoms with Crippen LogP contribution in [0, 0.1) is 0 Å². The first kappa shape index (κ1) is 29.1. The van der Waals surface area contributed by atoms with E-state index in [1.807, 2.05) is 60.7 Å². The topological polar surface area (TPSA) is 83.4 Å². The maximum Gasteiger partial charge on any atom is 0.498 e. The minimum Gasteiger partial charge on any atom is -0.456 e. The fourth-order valence-corrected chi connectivity index (χ4v) is 6.59. The Kier molecular flexibility index (Phi) is 6.37. The Balaban J connectivity index is 1.06. The number of hydrogen-bond donors (Lipinski definition) is 0. The highest BCUT2D eigenvalue weighted by Gasteiger charge is 2.52. The van der Waals surface area contributed by atoms with Crippen LogP contribution < -0.4 is 5.46 Å². The van der Waals surface area contributed by atoms with Gasteiger partial charge < -0.3 is 18.1 Å². The number of para-hydroxylation sites is 1. The molecule has 0 radical (unpaired) electrons. The lowest BCUT2D eigenvalue weighted by atomic mass is 9.78. The Labute approximate surface area is 281 Å². The molecule has 0 spiro atoms. The summed E-state index contributed by atoms with van der Waals surface area (Å²) in [6.07, 6.45) is 0. The summed E-state index contributed by atoms with van der Waals surface area (Å²) in [5, 5.41) is 4.26. The Bertz CT molecular complexity index is 2530. The molecule has 9 heteroatoms. The number of furan rings is 2. The van der Waals surface area contributed by atoms with Crippen molar-refractivity contribution < 1.29 is 18.1 Å². The van der Waals surface area contributed by atoms with Crippen LogP contribution in [-0.4, -0.2) is 33.3 Å². The summed E-state index contributed by atoms with van der Waals surface area (Å²) in [4.78, 5) is 13.4. The third kappa shape index (κ3) is 4.63. The summed E-state index contributed by atoms with van der Waals surface area (Å²) in [5.41, 5.74) is 6.89. The number of halogens is 1. The molecular weight excluding hydrogens is 621 g/mol. The molecule has 48 heavy (non-hydrogen) atoms. The summed E-state index contributed by atoms with van der Waals surface area (Å²) in [6.45, 7) is 8.23. The van der Waals surface area contributed by atoms with Gasteiger partial charge in [-0.3, -0.25) is 0 Å². The maximum absolute atomic E-state index is 6.47. The second-order valence-corrected chi connectivity index (χ2v) is 13.6. The van der Waals surface area contributed by atoms with Gasteiger partial charge in [0.25, 0.3) is 0 Å². The van der Waals surface area contributed by atoms with E-state index in [0.717, 1.165) is 71.6 Å². The van der Waals surface area contributed by atoms with Crippen LogP contribution in [-0.2, 0) is 9.31 Å². The predicted octanol–water partition coefficient (Wildman–Crippen LogP) is 9.62. The molecule has 1 aliphatic rings. The molecule has 0 atom stereocenters. The van der Waals surface area contributed by atoms with Crippen molar-refractivity contribution in [3.8, 4) is 33.9 Å². The molecular formula is C39H29BClN3O4. The zero-order valence-electron chi connectivity index (χ0n) is 26.7. The van der Waals surface area contributed by atoms with Crippen molar-refractivity contribution >= 4 is 68.1 Å². The van der Waals surface area contributed by atoms with Crippen LogP contribution in [0.2, 0.25) is 5.28 Å². The van der Waals surface area contributed by atoms with Gasteiger partial charge in [-0.1, -0.05) is 78.9 Å². The monoisotopic (exact) mass is 649 g/mol. The van der Waals surface area contributed by atoms with Crippen molar-refractivity contribution in [3.05, 3.63) is 108 Å². The quantitative estimate of drug-likeness (QED) is 0.176. The normalized spacial score (nSPS) is 15.7. The van der Waals surface area contributed by atoms with Gasteiger partial charge in [-0.2, -0.15) is 9.97 Å². The minimum absolute atomic E-state index is 0.156. The Morgan fingerprint density at radius 2 is 1.12 bits per heavy atom. The van der Waals surface area contributed by atoms with Gasteiger partial charge in [-0.25, -0.2) is 4.98 Å². The van der Waals surface area contributed by atoms with Crippen LogP contribution in [0.1, 0.15) is 27.7 Å². The molecule has 0 N–H and O–H groups in total. The standard InChI is InChI=1S/C39H29BClN3O4/c1-38(2)39(3,4)48-40(47-38)30-12-8-11-27-29-20-28-26-18-17-25(19-31(26)45-32(28)21-33(29)46-34(27)30)22-13-15-24(16-14-22)36-42-35(43-37(41)44-36)23-9-6-5-7-10-23/h5-21H,1-4H3. The van der Waals surface area contributed by atoms with Gasteiger partial charge >= 0.3 is 7.12 Å². The number of fused-ring (bicyclic) bond motifs is 6. The molecule has 1 aliphatic heterocycles. The molecule has 7 nitrogen and oxygen atoms in total. The van der Waals surface area contributed by atoms with Crippen molar-refractivity contribution in [1.82, 2.24) is 15.0 Å². The van der Waals surface area contributed by atoms with Gasteiger partial charge in [-0.05, 0) is 68.6 Å². The molecule has 0 amide bonds. The highest BCUT2D eigenvalue weighted by Crippen LogP contribution is 2.40. The van der Waals surface area contributed by atoms with Crippen LogP contribution in [0.15, 0.2) is 112 Å². The molecule has 8 aromatic rings. The zero-order valence-corrected chi connectivity index (χ0v) is 27.5. The third-order valence-corrected chi connectivity index (χ3v) is 9.91. The van der Waals surface area contributed by atoms with Crippen molar-refractivity contribution in [2.75, 3.05) is 0 Å². The van der Waals surface area contributed by atoms with Crippen LogP contribution in [0.3, 0.4) is 0 Å². The van der Waals surface area contributed by atoms with E-state index in [9.17, 15) is 0 Å². The molecule has 0 saturated carbocycles. The maximum atomic E-state index is 6.47. The second-order valence-electron chi connectivity index (χ2n) is 13.3. The summed E-state index contributed by atoms with van der Waals surface area (Å²) in [7, 11) is -0.516. The van der Waals surface area contributed by atoms with E-state index in [0.29, 0.717) is 11.6 Å². The Hall–Kier alpha value is -5.02. The lowest BCUT2D eigenvalue weighted by Crippen LogP contribution is -2.41. The van der Waals surface area contributed by atoms with Gasteiger partial charge in [-0.15, -0.1) is 0 Å². The number of rotatable bonds is 4. The first-order valence-electron chi connectivity index (χ1n) is 15.9. The second kappa shape index (κ2) is 10.5. The van der Waals surface area contributed by atoms with Crippen LogP contribution in [0.25, 0.3) is 77.8 Å². The molecule has 9 rings (SSSR count). The summed E-state index contributed by atoms with van der Waals surface area (Å²) >= 11 is 6.29. The molecule has 4 heterocycles. The van der Waals surface area contributed by atoms with Crippen LogP contribution in [0.4, 0.5) is 0 Å². The first-order chi connectivity index (χ1) is 23.1. The third-order valence-electron chi connectivity index (χ3n) is 9.74. The van der Waals surface area contributed by atoms with E-state index in [-0.39, 0.29) is 5.28 Å². The fourth-order valence-electron chi connectivity index (χ4n) is 6.43. The summed E-state index contributed by atoms with van der Waals surface area (Å²) in [6, 6.07) is 34.4. The van der Waals surface area contributed by atoms with Gasteiger partial charge in [0.05, 0.1) is 11.2 Å². The van der Waals surface area contributed by atoms with Gasteiger partial charge in [0.15, 0.2) is 11.6 Å². The van der Waals surface area contributed by atoms with Gasteiger partial charge in [0.1, 0.15) is 22.3 Å². The zero-order chi connectivity index (χ0) is 32.8. The van der Waals surface area contributed by atoms with Crippen molar-refractivity contribution in [2.24, 2.45) is 0 Å². The smallest absolute Gasteiger partial charge is 0.456 e. The number of hydrogen-bond acceptors (Lipinski definition) is 7. The molecule has 3 aromatic heterocycles. The molecule has 1 fully saturated rings. The largest absolute Gasteiger partial charge is 0.498 e. The average molecular weight is 650 g/mol. The fraction of sp³-hybridized carbons (Fsp3) is 0.154. The van der Waals surface area contributed by atoms with E-state index in [2.05, 4.69) is 85.1 Å². The lowest BCUT2D eigenvalue weighted by Gasteiger charge is -2.32. The van der Waals surface area contributed by atoms with E-state index >= 15 is 0 Å². The summed E-state index contributed by atoms with van der Waals surface area (Å²) in [5.74, 6) is 1.06. The number of aromatic nitrogens is 3. The molecule has 0 bridgehead atoms. The predicted molar refractivity (Wildman–Crippen MR) is 191 cm³/mol. The van der Waals surface area contributed by atoms with Crippen molar-refractivity contribution in [1.29, 1.82) is 0 Å². The molecule has 5 aromatic carbocycles. The van der Waals surface area contributed by atoms with E-state index in [1.165, 1.54) is 0 Å². The molecule has 1 saturated heterocycles. The highest BCUT2D eigenvalue weighted by molar-refractivity contribution is 6.65. The number of nitrogens with zero attached hydrogens (tertiary/aromatic N) is 3. The van der Waals surface area contributed by atoms with E-state index in [4.69, 9.17) is 29.7 Å². The van der Waals surface area contributed by atoms with Crippen molar-refractivity contribution in [2.45, 2.75) is 38.9 Å². The van der Waals surface area contributed by atoms with Crippen LogP contribution in [0.5, 0.6) is 0 Å². The number of benzene rings is 5. The van der Waals surface area contributed by atoms with Crippen LogP contribution >= 0.6 is 11.6 Å². The summed E-state index contributed by atoms with van der Waals surface area (Å²) < 4.78 is 25.6.